The first kappa shape index (κ1) is 12.6. The van der Waals surface area contributed by atoms with E-state index in [2.05, 4.69) is 10.3 Å². The molecule has 1 unspecified atom stereocenters. The zero-order chi connectivity index (χ0) is 13.0. The molecule has 1 aromatic heterocycles. The number of rotatable bonds is 4. The average molecular weight is 248 g/mol. The molecule has 1 N–H and O–H groups in total. The van der Waals surface area contributed by atoms with Crippen LogP contribution in [0.4, 0.5) is 8.78 Å². The van der Waals surface area contributed by atoms with E-state index in [0.717, 1.165) is 5.56 Å². The van der Waals surface area contributed by atoms with Gasteiger partial charge in [0.1, 0.15) is 11.6 Å². The van der Waals surface area contributed by atoms with Crippen LogP contribution in [0.2, 0.25) is 0 Å². The van der Waals surface area contributed by atoms with Gasteiger partial charge in [0.25, 0.3) is 0 Å². The third-order valence-electron chi connectivity index (χ3n) is 2.82. The fraction of sp³-hybridized carbons (Fsp3) is 0.214. The third kappa shape index (κ3) is 2.90. The maximum Gasteiger partial charge on any atom is 0.146 e. The molecule has 0 bridgehead atoms. The summed E-state index contributed by atoms with van der Waals surface area (Å²) in [5.74, 6) is -0.609. The van der Waals surface area contributed by atoms with Crippen LogP contribution in [-0.2, 0) is 6.42 Å². The van der Waals surface area contributed by atoms with E-state index >= 15 is 0 Å². The van der Waals surface area contributed by atoms with Crippen molar-refractivity contribution in [1.29, 1.82) is 0 Å². The zero-order valence-corrected chi connectivity index (χ0v) is 10.0. The van der Waals surface area contributed by atoms with Gasteiger partial charge in [-0.1, -0.05) is 12.1 Å². The SMILES string of the molecule is CNC(Cc1ccc(F)cc1)c1ncccc1F. The summed E-state index contributed by atoms with van der Waals surface area (Å²) in [4.78, 5) is 4.05. The first-order valence-electron chi connectivity index (χ1n) is 5.73. The summed E-state index contributed by atoms with van der Waals surface area (Å²) < 4.78 is 26.4. The van der Waals surface area contributed by atoms with Crippen molar-refractivity contribution < 1.29 is 8.78 Å². The Balaban J connectivity index is 2.20. The van der Waals surface area contributed by atoms with Gasteiger partial charge >= 0.3 is 0 Å². The van der Waals surface area contributed by atoms with Gasteiger partial charge in [-0.3, -0.25) is 4.98 Å². The number of aromatic nitrogens is 1. The molecule has 94 valence electrons. The van der Waals surface area contributed by atoms with Crippen LogP contribution >= 0.6 is 0 Å². The van der Waals surface area contributed by atoms with Crippen LogP contribution in [-0.4, -0.2) is 12.0 Å². The minimum atomic E-state index is -0.334. The first-order valence-corrected chi connectivity index (χ1v) is 5.73. The number of pyridine rings is 1. The maximum atomic E-state index is 13.6. The molecule has 0 aliphatic carbocycles. The summed E-state index contributed by atoms with van der Waals surface area (Å²) in [6.07, 6.45) is 2.12. The molecule has 0 spiro atoms. The molecule has 0 radical (unpaired) electrons. The summed E-state index contributed by atoms with van der Waals surface area (Å²) in [6, 6.07) is 8.91. The van der Waals surface area contributed by atoms with E-state index < -0.39 is 0 Å². The molecule has 0 saturated heterocycles. The molecule has 0 aliphatic rings. The third-order valence-corrected chi connectivity index (χ3v) is 2.82. The highest BCUT2D eigenvalue weighted by Gasteiger charge is 2.15. The highest BCUT2D eigenvalue weighted by Crippen LogP contribution is 2.18. The monoisotopic (exact) mass is 248 g/mol. The standard InChI is InChI=1S/C14H14F2N2/c1-17-13(14-12(16)3-2-8-18-14)9-10-4-6-11(15)7-5-10/h2-8,13,17H,9H2,1H3. The Morgan fingerprint density at radius 2 is 1.89 bits per heavy atom. The molecule has 1 heterocycles. The van der Waals surface area contributed by atoms with Gasteiger partial charge in [0.2, 0.25) is 0 Å². The van der Waals surface area contributed by atoms with Crippen molar-refractivity contribution in [2.45, 2.75) is 12.5 Å². The van der Waals surface area contributed by atoms with E-state index in [4.69, 9.17) is 0 Å². The number of benzene rings is 1. The smallest absolute Gasteiger partial charge is 0.146 e. The van der Waals surface area contributed by atoms with E-state index in [0.29, 0.717) is 12.1 Å². The highest BCUT2D eigenvalue weighted by molar-refractivity contribution is 5.20. The topological polar surface area (TPSA) is 24.9 Å². The summed E-state index contributed by atoms with van der Waals surface area (Å²) in [5, 5.41) is 3.03. The largest absolute Gasteiger partial charge is 0.311 e. The van der Waals surface area contributed by atoms with Crippen LogP contribution < -0.4 is 5.32 Å². The lowest BCUT2D eigenvalue weighted by molar-refractivity contribution is 0.516. The minimum absolute atomic E-state index is 0.225. The van der Waals surface area contributed by atoms with Gasteiger partial charge in [-0.15, -0.1) is 0 Å². The Morgan fingerprint density at radius 1 is 1.17 bits per heavy atom. The molecule has 1 aromatic carbocycles. The lowest BCUT2D eigenvalue weighted by Crippen LogP contribution is -2.21. The fourth-order valence-electron chi connectivity index (χ4n) is 1.85. The van der Waals surface area contributed by atoms with Crippen molar-refractivity contribution in [3.8, 4) is 0 Å². The summed E-state index contributed by atoms with van der Waals surface area (Å²) in [5.41, 5.74) is 1.31. The Labute approximate surface area is 105 Å². The van der Waals surface area contributed by atoms with Gasteiger partial charge in [-0.25, -0.2) is 8.78 Å². The van der Waals surface area contributed by atoms with E-state index in [1.165, 1.54) is 18.2 Å². The zero-order valence-electron chi connectivity index (χ0n) is 10.0. The van der Waals surface area contributed by atoms with E-state index in [9.17, 15) is 8.78 Å². The number of likely N-dealkylation sites (N-methyl/N-ethyl adjacent to an activating group) is 1. The van der Waals surface area contributed by atoms with Crippen LogP contribution in [0.15, 0.2) is 42.6 Å². The summed E-state index contributed by atoms with van der Waals surface area (Å²) in [7, 11) is 1.75. The Morgan fingerprint density at radius 3 is 2.50 bits per heavy atom. The Kier molecular flexibility index (Phi) is 3.99. The minimum Gasteiger partial charge on any atom is -0.311 e. The molecule has 2 aromatic rings. The number of nitrogens with zero attached hydrogens (tertiary/aromatic N) is 1. The van der Waals surface area contributed by atoms with Crippen LogP contribution in [0, 0.1) is 11.6 Å². The van der Waals surface area contributed by atoms with Gasteiger partial charge in [0, 0.05) is 6.20 Å². The molecular weight excluding hydrogens is 234 g/mol. The number of hydrogen-bond donors (Lipinski definition) is 1. The van der Waals surface area contributed by atoms with Gasteiger partial charge in [-0.2, -0.15) is 0 Å². The van der Waals surface area contributed by atoms with E-state index in [1.807, 2.05) is 0 Å². The molecule has 1 atom stereocenters. The summed E-state index contributed by atoms with van der Waals surface area (Å²) in [6.45, 7) is 0. The summed E-state index contributed by atoms with van der Waals surface area (Å²) >= 11 is 0. The van der Waals surface area contributed by atoms with E-state index in [1.54, 1.807) is 31.4 Å². The molecule has 2 nitrogen and oxygen atoms in total. The van der Waals surface area contributed by atoms with Crippen molar-refractivity contribution in [2.24, 2.45) is 0 Å². The van der Waals surface area contributed by atoms with Crippen LogP contribution in [0.1, 0.15) is 17.3 Å². The van der Waals surface area contributed by atoms with Crippen molar-refractivity contribution in [3.63, 3.8) is 0 Å². The van der Waals surface area contributed by atoms with Gasteiger partial charge in [-0.05, 0) is 43.3 Å². The molecule has 0 aliphatic heterocycles. The lowest BCUT2D eigenvalue weighted by atomic mass is 10.0. The fourth-order valence-corrected chi connectivity index (χ4v) is 1.85. The number of hydrogen-bond acceptors (Lipinski definition) is 2. The van der Waals surface area contributed by atoms with Crippen molar-refractivity contribution >= 4 is 0 Å². The predicted molar refractivity (Wildman–Crippen MR) is 66.1 cm³/mol. The van der Waals surface area contributed by atoms with Crippen LogP contribution in [0.3, 0.4) is 0 Å². The second-order valence-corrected chi connectivity index (χ2v) is 4.04. The maximum absolute atomic E-state index is 13.6. The van der Waals surface area contributed by atoms with Gasteiger partial charge in [0.05, 0.1) is 11.7 Å². The van der Waals surface area contributed by atoms with Gasteiger partial charge < -0.3 is 5.32 Å². The van der Waals surface area contributed by atoms with Crippen LogP contribution in [0.5, 0.6) is 0 Å². The van der Waals surface area contributed by atoms with Gasteiger partial charge in [0.15, 0.2) is 0 Å². The molecular formula is C14H14F2N2. The van der Waals surface area contributed by atoms with Crippen molar-refractivity contribution in [3.05, 3.63) is 65.5 Å². The Hall–Kier alpha value is -1.81. The van der Waals surface area contributed by atoms with Crippen molar-refractivity contribution in [1.82, 2.24) is 10.3 Å². The first-order chi connectivity index (χ1) is 8.70. The normalized spacial score (nSPS) is 12.4. The predicted octanol–water partition coefficient (Wildman–Crippen LogP) is 2.86. The molecule has 18 heavy (non-hydrogen) atoms. The van der Waals surface area contributed by atoms with Crippen LogP contribution in [0.25, 0.3) is 0 Å². The molecule has 0 saturated carbocycles. The molecule has 0 amide bonds. The number of nitrogens with one attached hydrogen (secondary N) is 1. The molecule has 4 heteroatoms. The van der Waals surface area contributed by atoms with Crippen molar-refractivity contribution in [2.75, 3.05) is 7.05 Å². The number of halogens is 2. The Bertz CT molecular complexity index is 511. The molecule has 0 fully saturated rings. The average Bonchev–Trinajstić information content (AvgIpc) is 2.39. The quantitative estimate of drug-likeness (QED) is 0.900. The second kappa shape index (κ2) is 5.69. The second-order valence-electron chi connectivity index (χ2n) is 4.04. The molecule has 2 rings (SSSR count). The highest BCUT2D eigenvalue weighted by atomic mass is 19.1. The lowest BCUT2D eigenvalue weighted by Gasteiger charge is -2.16. The van der Waals surface area contributed by atoms with E-state index in [-0.39, 0.29) is 17.7 Å².